The summed E-state index contributed by atoms with van der Waals surface area (Å²) < 4.78 is 5.83. The highest BCUT2D eigenvalue weighted by atomic mass is 32.1. The van der Waals surface area contributed by atoms with Crippen LogP contribution in [0.5, 0.6) is 0 Å². The molecule has 0 radical (unpaired) electrons. The molecule has 1 saturated heterocycles. The predicted octanol–water partition coefficient (Wildman–Crippen LogP) is 3.39. The van der Waals surface area contributed by atoms with Crippen molar-refractivity contribution < 1.29 is 14.3 Å². The minimum Gasteiger partial charge on any atom is -0.453 e. The Labute approximate surface area is 169 Å². The van der Waals surface area contributed by atoms with E-state index in [0.717, 1.165) is 28.2 Å². The maximum atomic E-state index is 13.1. The van der Waals surface area contributed by atoms with Gasteiger partial charge in [-0.15, -0.1) is 0 Å². The second-order valence-corrected chi connectivity index (χ2v) is 8.59. The SMILES string of the molecule is COC(=O)N[C@H](C(=O)N1CCC[C@H]1CNc1nc2ccc(C)cc2s1)C(C)C. The predicted molar refractivity (Wildman–Crippen MR) is 112 cm³/mol. The quantitative estimate of drug-likeness (QED) is 0.771. The van der Waals surface area contributed by atoms with Gasteiger partial charge >= 0.3 is 6.09 Å². The highest BCUT2D eigenvalue weighted by molar-refractivity contribution is 7.22. The number of nitrogens with zero attached hydrogens (tertiary/aromatic N) is 2. The number of hydrogen-bond acceptors (Lipinski definition) is 6. The van der Waals surface area contributed by atoms with Crippen LogP contribution in [0.25, 0.3) is 10.2 Å². The summed E-state index contributed by atoms with van der Waals surface area (Å²) in [5.74, 6) is -0.0714. The molecule has 1 aromatic carbocycles. The van der Waals surface area contributed by atoms with Crippen LogP contribution in [0.1, 0.15) is 32.3 Å². The summed E-state index contributed by atoms with van der Waals surface area (Å²) in [6, 6.07) is 5.72. The molecule has 0 saturated carbocycles. The van der Waals surface area contributed by atoms with Gasteiger partial charge in [0.1, 0.15) is 6.04 Å². The van der Waals surface area contributed by atoms with E-state index >= 15 is 0 Å². The van der Waals surface area contributed by atoms with Crippen molar-refractivity contribution in [1.29, 1.82) is 0 Å². The lowest BCUT2D eigenvalue weighted by Gasteiger charge is -2.30. The van der Waals surface area contributed by atoms with Crippen LogP contribution in [-0.4, -0.2) is 54.2 Å². The summed E-state index contributed by atoms with van der Waals surface area (Å²) in [6.45, 7) is 7.27. The molecule has 152 valence electrons. The molecule has 0 unspecified atom stereocenters. The summed E-state index contributed by atoms with van der Waals surface area (Å²) in [6.07, 6.45) is 1.32. The van der Waals surface area contributed by atoms with E-state index < -0.39 is 12.1 Å². The Balaban J connectivity index is 1.65. The minimum atomic E-state index is -0.585. The number of nitrogens with one attached hydrogen (secondary N) is 2. The number of rotatable bonds is 6. The van der Waals surface area contributed by atoms with E-state index in [4.69, 9.17) is 0 Å². The molecule has 8 heteroatoms. The van der Waals surface area contributed by atoms with E-state index in [-0.39, 0.29) is 17.9 Å². The molecule has 2 atom stereocenters. The smallest absolute Gasteiger partial charge is 0.407 e. The number of ether oxygens (including phenoxy) is 1. The van der Waals surface area contributed by atoms with Gasteiger partial charge in [0.2, 0.25) is 5.91 Å². The number of aryl methyl sites for hydroxylation is 1. The van der Waals surface area contributed by atoms with Gasteiger partial charge in [-0.1, -0.05) is 31.3 Å². The van der Waals surface area contributed by atoms with Gasteiger partial charge in [0.15, 0.2) is 5.13 Å². The Morgan fingerprint density at radius 3 is 2.89 bits per heavy atom. The van der Waals surface area contributed by atoms with Crippen molar-refractivity contribution in [1.82, 2.24) is 15.2 Å². The zero-order valence-electron chi connectivity index (χ0n) is 16.8. The highest BCUT2D eigenvalue weighted by Gasteiger charge is 2.35. The van der Waals surface area contributed by atoms with E-state index in [1.165, 1.54) is 12.7 Å². The number of anilines is 1. The molecule has 2 N–H and O–H groups in total. The average molecular weight is 405 g/mol. The van der Waals surface area contributed by atoms with Crippen LogP contribution in [0.4, 0.5) is 9.93 Å². The van der Waals surface area contributed by atoms with Crippen molar-refractivity contribution >= 4 is 38.7 Å². The first-order valence-corrected chi connectivity index (χ1v) is 10.5. The maximum Gasteiger partial charge on any atom is 0.407 e. The van der Waals surface area contributed by atoms with Crippen LogP contribution in [0.2, 0.25) is 0 Å². The molecular formula is C20H28N4O3S. The lowest BCUT2D eigenvalue weighted by Crippen LogP contribution is -2.53. The van der Waals surface area contributed by atoms with Gasteiger partial charge in [0, 0.05) is 19.1 Å². The van der Waals surface area contributed by atoms with E-state index in [1.807, 2.05) is 24.8 Å². The molecule has 1 aliphatic heterocycles. The summed E-state index contributed by atoms with van der Waals surface area (Å²) in [7, 11) is 1.30. The van der Waals surface area contributed by atoms with Gasteiger partial charge in [-0.25, -0.2) is 9.78 Å². The monoisotopic (exact) mass is 404 g/mol. The summed E-state index contributed by atoms with van der Waals surface area (Å²) >= 11 is 1.63. The molecule has 2 aromatic rings. The largest absolute Gasteiger partial charge is 0.453 e. The number of hydrogen-bond donors (Lipinski definition) is 2. The van der Waals surface area contributed by atoms with Gasteiger partial charge in [0.25, 0.3) is 0 Å². The van der Waals surface area contributed by atoms with Crippen LogP contribution in [0.15, 0.2) is 18.2 Å². The number of aromatic nitrogens is 1. The second kappa shape index (κ2) is 8.77. The number of carbonyl (C=O) groups excluding carboxylic acids is 2. The lowest BCUT2D eigenvalue weighted by molar-refractivity contribution is -0.135. The number of likely N-dealkylation sites (tertiary alicyclic amines) is 1. The van der Waals surface area contributed by atoms with Crippen LogP contribution in [0.3, 0.4) is 0 Å². The molecule has 2 heterocycles. The molecule has 0 spiro atoms. The Bertz CT molecular complexity index is 851. The van der Waals surface area contributed by atoms with Crippen molar-refractivity contribution in [2.24, 2.45) is 5.92 Å². The van der Waals surface area contributed by atoms with Crippen molar-refractivity contribution in [3.05, 3.63) is 23.8 Å². The molecule has 1 aliphatic rings. The Hall–Kier alpha value is -2.35. The van der Waals surface area contributed by atoms with Crippen LogP contribution < -0.4 is 10.6 Å². The molecule has 1 aromatic heterocycles. The number of carbonyl (C=O) groups is 2. The second-order valence-electron chi connectivity index (χ2n) is 7.56. The standard InChI is InChI=1S/C20H28N4O3S/c1-12(2)17(23-20(26)27-4)18(25)24-9-5-6-14(24)11-21-19-22-15-8-7-13(3)10-16(15)28-19/h7-8,10,12,14,17H,5-6,9,11H2,1-4H3,(H,21,22)(H,23,26)/t14-,17-/m0/s1. The summed E-state index contributed by atoms with van der Waals surface area (Å²) in [4.78, 5) is 31.2. The zero-order chi connectivity index (χ0) is 20.3. The van der Waals surface area contributed by atoms with Gasteiger partial charge in [0.05, 0.1) is 17.3 Å². The zero-order valence-corrected chi connectivity index (χ0v) is 17.6. The van der Waals surface area contributed by atoms with Gasteiger partial charge in [-0.05, 0) is 43.4 Å². The fourth-order valence-electron chi connectivity index (χ4n) is 3.53. The van der Waals surface area contributed by atoms with Crippen molar-refractivity contribution in [2.45, 2.75) is 45.7 Å². The first-order chi connectivity index (χ1) is 13.4. The molecule has 2 amide bonds. The van der Waals surface area contributed by atoms with Crippen LogP contribution >= 0.6 is 11.3 Å². The van der Waals surface area contributed by atoms with Crippen molar-refractivity contribution in [3.63, 3.8) is 0 Å². The Morgan fingerprint density at radius 1 is 1.39 bits per heavy atom. The third kappa shape index (κ3) is 4.55. The molecule has 7 nitrogen and oxygen atoms in total. The molecular weight excluding hydrogens is 376 g/mol. The average Bonchev–Trinajstić information content (AvgIpc) is 3.29. The maximum absolute atomic E-state index is 13.1. The Kier molecular flexibility index (Phi) is 6.39. The summed E-state index contributed by atoms with van der Waals surface area (Å²) in [5, 5.41) is 6.95. The molecule has 3 rings (SSSR count). The fourth-order valence-corrected chi connectivity index (χ4v) is 4.50. The number of methoxy groups -OCH3 is 1. The first-order valence-electron chi connectivity index (χ1n) is 9.65. The van der Waals surface area contributed by atoms with Gasteiger partial charge < -0.3 is 20.3 Å². The van der Waals surface area contributed by atoms with Crippen molar-refractivity contribution in [2.75, 3.05) is 25.5 Å². The van der Waals surface area contributed by atoms with Gasteiger partial charge in [-0.3, -0.25) is 4.79 Å². The Morgan fingerprint density at radius 2 is 2.18 bits per heavy atom. The van der Waals surface area contributed by atoms with Crippen LogP contribution in [0, 0.1) is 12.8 Å². The summed E-state index contributed by atoms with van der Waals surface area (Å²) in [5.41, 5.74) is 2.20. The fraction of sp³-hybridized carbons (Fsp3) is 0.550. The van der Waals surface area contributed by atoms with E-state index in [1.54, 1.807) is 11.3 Å². The number of alkyl carbamates (subject to hydrolysis) is 1. The normalized spacial score (nSPS) is 17.8. The third-order valence-electron chi connectivity index (χ3n) is 5.08. The van der Waals surface area contributed by atoms with Gasteiger partial charge in [-0.2, -0.15) is 0 Å². The molecule has 0 bridgehead atoms. The first kappa shape index (κ1) is 20.4. The van der Waals surface area contributed by atoms with E-state index in [9.17, 15) is 9.59 Å². The topological polar surface area (TPSA) is 83.6 Å². The van der Waals surface area contributed by atoms with Crippen molar-refractivity contribution in [3.8, 4) is 0 Å². The van der Waals surface area contributed by atoms with E-state index in [2.05, 4.69) is 39.4 Å². The number of fused-ring (bicyclic) bond motifs is 1. The molecule has 0 aliphatic carbocycles. The number of benzene rings is 1. The number of amides is 2. The van der Waals surface area contributed by atoms with Crippen LogP contribution in [-0.2, 0) is 9.53 Å². The lowest BCUT2D eigenvalue weighted by atomic mass is 10.0. The highest BCUT2D eigenvalue weighted by Crippen LogP contribution is 2.27. The molecule has 28 heavy (non-hydrogen) atoms. The van der Waals surface area contributed by atoms with E-state index in [0.29, 0.717) is 13.1 Å². The third-order valence-corrected chi connectivity index (χ3v) is 6.06. The minimum absolute atomic E-state index is 0.0201. The molecule has 1 fully saturated rings. The number of thiazole rings is 1.